The van der Waals surface area contributed by atoms with E-state index >= 15 is 0 Å². The van der Waals surface area contributed by atoms with Gasteiger partial charge in [-0.2, -0.15) is 5.10 Å². The van der Waals surface area contributed by atoms with Gasteiger partial charge in [0.1, 0.15) is 17.9 Å². The average molecular weight is 1000 g/mol. The first-order valence-corrected chi connectivity index (χ1v) is 26.2. The van der Waals surface area contributed by atoms with E-state index in [1.165, 1.54) is 4.90 Å². The van der Waals surface area contributed by atoms with Crippen molar-refractivity contribution < 1.29 is 29.1 Å². The van der Waals surface area contributed by atoms with E-state index < -0.39 is 23.6 Å². The number of fused-ring (bicyclic) bond motifs is 2. The number of aryl methyl sites for hydroxylation is 2. The maximum atomic E-state index is 14.0. The van der Waals surface area contributed by atoms with Gasteiger partial charge >= 0.3 is 0 Å². The zero-order valence-electron chi connectivity index (χ0n) is 42.1. The van der Waals surface area contributed by atoms with Crippen LogP contribution in [0, 0.1) is 18.3 Å². The Hall–Kier alpha value is -6.50. The number of carbonyl (C=O) groups excluding carboxylic acids is 5. The third-order valence-electron chi connectivity index (χ3n) is 13.9. The second kappa shape index (κ2) is 23.4. The van der Waals surface area contributed by atoms with Gasteiger partial charge in [-0.1, -0.05) is 64.3 Å². The number of aromatic nitrogens is 5. The second-order valence-electron chi connectivity index (χ2n) is 20.7. The number of thiazole rings is 1. The monoisotopic (exact) mass is 1000 g/mol. The number of hydrogen-bond donors (Lipinski definition) is 6. The maximum absolute atomic E-state index is 14.0. The first-order valence-electron chi connectivity index (χ1n) is 25.3. The molecular formula is C54H69N11O6S. The fourth-order valence-corrected chi connectivity index (χ4v) is 10.7. The molecule has 2 fully saturated rings. The molecule has 2 aliphatic heterocycles. The molecule has 18 heteroatoms. The molecule has 0 saturated carbocycles. The molecule has 0 aliphatic carbocycles. The third kappa shape index (κ3) is 13.3. The number of amides is 5. The number of benzene rings is 3. The van der Waals surface area contributed by atoms with Crippen LogP contribution in [0.4, 0.5) is 5.69 Å². The molecule has 1 unspecified atom stereocenters. The van der Waals surface area contributed by atoms with Crippen molar-refractivity contribution in [1.82, 2.24) is 50.5 Å². The Morgan fingerprint density at radius 1 is 0.917 bits per heavy atom. The molecule has 382 valence electrons. The molecule has 8 rings (SSSR count). The van der Waals surface area contributed by atoms with E-state index in [9.17, 15) is 29.1 Å². The smallest absolute Gasteiger partial charge is 0.255 e. The highest BCUT2D eigenvalue weighted by Gasteiger charge is 2.44. The minimum atomic E-state index is -0.873. The van der Waals surface area contributed by atoms with Gasteiger partial charge in [0.25, 0.3) is 5.91 Å². The zero-order valence-corrected chi connectivity index (χ0v) is 42.9. The number of β-amino-alcohol motifs (C(OH)–C–C–N with tert-alkyl or cyclic N) is 1. The number of unbranched alkanes of at least 4 members (excludes halogenated alkanes) is 4. The van der Waals surface area contributed by atoms with Crippen LogP contribution in [-0.4, -0.2) is 114 Å². The fourth-order valence-electron chi connectivity index (χ4n) is 9.84. The summed E-state index contributed by atoms with van der Waals surface area (Å²) in [6.45, 7) is 11.2. The van der Waals surface area contributed by atoms with Crippen LogP contribution in [0.2, 0.25) is 0 Å². The van der Waals surface area contributed by atoms with E-state index in [0.717, 1.165) is 101 Å². The van der Waals surface area contributed by atoms with Crippen molar-refractivity contribution in [2.45, 2.75) is 123 Å². The van der Waals surface area contributed by atoms with Gasteiger partial charge in [0.05, 0.1) is 51.5 Å². The summed E-state index contributed by atoms with van der Waals surface area (Å²) in [6, 6.07) is 17.4. The lowest BCUT2D eigenvalue weighted by Gasteiger charge is -2.35. The molecule has 6 aromatic rings. The van der Waals surface area contributed by atoms with Crippen molar-refractivity contribution in [2.24, 2.45) is 18.4 Å². The van der Waals surface area contributed by atoms with Crippen LogP contribution in [0.3, 0.4) is 0 Å². The molecule has 17 nitrogen and oxygen atoms in total. The summed E-state index contributed by atoms with van der Waals surface area (Å²) in [5.41, 5.74) is 8.04. The van der Waals surface area contributed by atoms with Crippen molar-refractivity contribution in [3.8, 4) is 10.4 Å². The van der Waals surface area contributed by atoms with Crippen LogP contribution < -0.4 is 21.3 Å². The van der Waals surface area contributed by atoms with E-state index in [1.54, 1.807) is 28.3 Å². The van der Waals surface area contributed by atoms with Gasteiger partial charge in [0.15, 0.2) is 0 Å². The molecule has 3 aromatic heterocycles. The van der Waals surface area contributed by atoms with Crippen LogP contribution in [-0.2, 0) is 39.3 Å². The SMILES string of the molecule is Cc1ncsc1-c1ccc(CNC(=O)[C@@H]2C[C@@H](O)CN2C(=O)[C@@H](NC(=O)CCCCCCCC(=O)NCCC2CCN(Cc3nc4cc(NC(=O)c5ccc6c(cnn6C)c5)ccc4[nH]3)C2)C(C)(C)C)cc1. The third-order valence-corrected chi connectivity index (χ3v) is 14.9. The van der Waals surface area contributed by atoms with E-state index in [2.05, 4.69) is 41.2 Å². The van der Waals surface area contributed by atoms with Gasteiger partial charge in [-0.25, -0.2) is 9.97 Å². The summed E-state index contributed by atoms with van der Waals surface area (Å²) in [5, 5.41) is 27.8. The summed E-state index contributed by atoms with van der Waals surface area (Å²) < 4.78 is 1.78. The van der Waals surface area contributed by atoms with Crippen molar-refractivity contribution in [2.75, 3.05) is 31.5 Å². The van der Waals surface area contributed by atoms with Gasteiger partial charge in [0, 0.05) is 69.1 Å². The number of nitrogens with zero attached hydrogens (tertiary/aromatic N) is 6. The number of H-pyrrole nitrogens is 1. The highest BCUT2D eigenvalue weighted by atomic mass is 32.1. The molecule has 2 saturated heterocycles. The predicted molar refractivity (Wildman–Crippen MR) is 280 cm³/mol. The molecule has 5 amide bonds. The average Bonchev–Trinajstić information content (AvgIpc) is 4.21. The molecule has 4 atom stereocenters. The first-order chi connectivity index (χ1) is 34.6. The van der Waals surface area contributed by atoms with Crippen LogP contribution in [0.5, 0.6) is 0 Å². The van der Waals surface area contributed by atoms with Gasteiger partial charge in [-0.3, -0.25) is 33.6 Å². The normalized spacial score (nSPS) is 17.6. The van der Waals surface area contributed by atoms with E-state index in [1.807, 2.05) is 94.9 Å². The topological polar surface area (TPSA) is 220 Å². The summed E-state index contributed by atoms with van der Waals surface area (Å²) >= 11 is 1.58. The number of nitrogens with one attached hydrogen (secondary N) is 5. The number of carbonyl (C=O) groups is 5. The highest BCUT2D eigenvalue weighted by Crippen LogP contribution is 2.29. The summed E-state index contributed by atoms with van der Waals surface area (Å²) in [7, 11) is 1.87. The van der Waals surface area contributed by atoms with Gasteiger partial charge in [-0.05, 0) is 98.0 Å². The molecular weight excluding hydrogens is 931 g/mol. The maximum Gasteiger partial charge on any atom is 0.255 e. The van der Waals surface area contributed by atoms with Crippen LogP contribution in [0.1, 0.15) is 112 Å². The molecule has 72 heavy (non-hydrogen) atoms. The Balaban J connectivity index is 0.680. The summed E-state index contributed by atoms with van der Waals surface area (Å²) in [5.74, 6) is 0.296. The first kappa shape index (κ1) is 51.8. The van der Waals surface area contributed by atoms with Gasteiger partial charge < -0.3 is 36.3 Å². The van der Waals surface area contributed by atoms with Crippen molar-refractivity contribution in [1.29, 1.82) is 0 Å². The van der Waals surface area contributed by atoms with E-state index in [0.29, 0.717) is 43.1 Å². The van der Waals surface area contributed by atoms with Crippen molar-refractivity contribution in [3.05, 3.63) is 95.0 Å². The molecule has 5 heterocycles. The zero-order chi connectivity index (χ0) is 50.9. The fraction of sp³-hybridized carbons (Fsp3) is 0.481. The lowest BCUT2D eigenvalue weighted by Crippen LogP contribution is -2.57. The molecule has 0 bridgehead atoms. The quantitative estimate of drug-likeness (QED) is 0.0406. The number of hydrogen-bond acceptors (Lipinski definition) is 11. The predicted octanol–water partition coefficient (Wildman–Crippen LogP) is 7.00. The number of aliphatic hydroxyl groups is 1. The van der Waals surface area contributed by atoms with E-state index in [4.69, 9.17) is 4.98 Å². The molecule has 2 aliphatic rings. The lowest BCUT2D eigenvalue weighted by atomic mass is 9.85. The second-order valence-corrected chi connectivity index (χ2v) is 21.5. The molecule has 3 aromatic carbocycles. The number of aromatic amines is 1. The Bertz CT molecular complexity index is 2870. The molecule has 6 N–H and O–H groups in total. The Morgan fingerprint density at radius 3 is 2.43 bits per heavy atom. The molecule has 0 spiro atoms. The minimum Gasteiger partial charge on any atom is -0.391 e. The number of aliphatic hydroxyl groups excluding tert-OH is 1. The van der Waals surface area contributed by atoms with Crippen molar-refractivity contribution >= 4 is 68.5 Å². The number of likely N-dealkylation sites (tertiary alicyclic amines) is 2. The Kier molecular flexibility index (Phi) is 16.8. The van der Waals surface area contributed by atoms with Gasteiger partial charge in [-0.15, -0.1) is 11.3 Å². The largest absolute Gasteiger partial charge is 0.391 e. The number of anilines is 1. The summed E-state index contributed by atoms with van der Waals surface area (Å²) in [6.07, 6.45) is 7.79. The highest BCUT2D eigenvalue weighted by molar-refractivity contribution is 7.13. The Morgan fingerprint density at radius 2 is 1.68 bits per heavy atom. The van der Waals surface area contributed by atoms with Gasteiger partial charge in [0.2, 0.25) is 23.6 Å². The van der Waals surface area contributed by atoms with Crippen LogP contribution in [0.15, 0.2) is 72.4 Å². The van der Waals surface area contributed by atoms with Crippen molar-refractivity contribution in [3.63, 3.8) is 0 Å². The molecule has 0 radical (unpaired) electrons. The summed E-state index contributed by atoms with van der Waals surface area (Å²) in [4.78, 5) is 83.8. The lowest BCUT2D eigenvalue weighted by molar-refractivity contribution is -0.144. The van der Waals surface area contributed by atoms with E-state index in [-0.39, 0.29) is 55.5 Å². The number of imidazole rings is 1. The minimum absolute atomic E-state index is 0.0199. The Labute approximate surface area is 424 Å². The van der Waals surface area contributed by atoms with Crippen LogP contribution >= 0.6 is 11.3 Å². The number of rotatable bonds is 21. The standard InChI is InChI=1S/C54H69N11O6S/c1-34-49(72-33-57-34)37-15-13-35(14-16-37)28-56-52(70)45-27-41(66)31-65(45)53(71)50(54(2,3)4)62-48(68)12-10-8-6-7-9-11-47(67)55-23-21-36-22-24-64(30-36)32-46-60-42-19-18-40(26-43(42)61-46)59-51(69)38-17-20-44-39(25-38)29-58-63(44)5/h13-20,25-26,29,33,36,41,45,50,66H,6-12,21-24,27-28,30-32H2,1-5H3,(H,55,67)(H,56,70)(H,59,69)(H,60,61)(H,62,68)/t36?,41-,45+,50-/m1/s1. The van der Waals surface area contributed by atoms with Crippen LogP contribution in [0.25, 0.3) is 32.4 Å².